The lowest BCUT2D eigenvalue weighted by atomic mass is 10.2. The molecule has 106 valence electrons. The summed E-state index contributed by atoms with van der Waals surface area (Å²) >= 11 is 0. The summed E-state index contributed by atoms with van der Waals surface area (Å²) in [7, 11) is 0. The van der Waals surface area contributed by atoms with E-state index in [9.17, 15) is 4.39 Å². The number of hydrogen-bond acceptors (Lipinski definition) is 2. The fraction of sp³-hybridized carbons (Fsp3) is 0.118. The molecule has 0 saturated carbocycles. The van der Waals surface area contributed by atoms with E-state index < -0.39 is 0 Å². The lowest BCUT2D eigenvalue weighted by molar-refractivity contribution is 0.292. The normalized spacial score (nSPS) is 10.6. The Morgan fingerprint density at radius 3 is 2.48 bits per heavy atom. The average molecular weight is 282 g/mol. The summed E-state index contributed by atoms with van der Waals surface area (Å²) in [5, 5.41) is 4.40. The van der Waals surface area contributed by atoms with Crippen LogP contribution in [0.2, 0.25) is 0 Å². The first-order chi connectivity index (χ1) is 10.2. The Balaban J connectivity index is 1.76. The smallest absolute Gasteiger partial charge is 0.233 e. The maximum absolute atomic E-state index is 13.0. The summed E-state index contributed by atoms with van der Waals surface area (Å²) < 4.78 is 20.4. The lowest BCUT2D eigenvalue weighted by Gasteiger charge is -2.04. The summed E-state index contributed by atoms with van der Waals surface area (Å²) in [6, 6.07) is 18.0. The molecule has 2 aromatic carbocycles. The number of ether oxygens (including phenoxy) is 1. The summed E-state index contributed by atoms with van der Waals surface area (Å²) in [6.45, 7) is 2.41. The van der Waals surface area contributed by atoms with E-state index in [2.05, 4.69) is 5.10 Å². The Bertz CT molecular complexity index is 720. The third kappa shape index (κ3) is 3.11. The quantitative estimate of drug-likeness (QED) is 0.725. The SMILES string of the molecule is Cc1cc(OCc2ccccc2)nn1-c1ccc(F)cc1. The van der Waals surface area contributed by atoms with Crippen LogP contribution in [0.4, 0.5) is 4.39 Å². The molecule has 0 amide bonds. The molecule has 0 unspecified atom stereocenters. The molecular weight excluding hydrogens is 267 g/mol. The lowest BCUT2D eigenvalue weighted by Crippen LogP contribution is -2.00. The number of aryl methyl sites for hydroxylation is 1. The number of rotatable bonds is 4. The highest BCUT2D eigenvalue weighted by Crippen LogP contribution is 2.18. The van der Waals surface area contributed by atoms with E-state index in [-0.39, 0.29) is 5.82 Å². The predicted octanol–water partition coefficient (Wildman–Crippen LogP) is 3.90. The second-order valence-corrected chi connectivity index (χ2v) is 4.79. The van der Waals surface area contributed by atoms with E-state index >= 15 is 0 Å². The van der Waals surface area contributed by atoms with Crippen molar-refractivity contribution in [1.82, 2.24) is 9.78 Å². The van der Waals surface area contributed by atoms with Crippen LogP contribution in [0.3, 0.4) is 0 Å². The second-order valence-electron chi connectivity index (χ2n) is 4.79. The Morgan fingerprint density at radius 2 is 1.76 bits per heavy atom. The molecule has 0 aliphatic rings. The minimum atomic E-state index is -0.260. The summed E-state index contributed by atoms with van der Waals surface area (Å²) in [6.07, 6.45) is 0. The summed E-state index contributed by atoms with van der Waals surface area (Å²) in [5.74, 6) is 0.296. The van der Waals surface area contributed by atoms with E-state index in [1.54, 1.807) is 16.8 Å². The van der Waals surface area contributed by atoms with Crippen molar-refractivity contribution in [2.45, 2.75) is 13.5 Å². The van der Waals surface area contributed by atoms with Crippen LogP contribution in [0, 0.1) is 12.7 Å². The van der Waals surface area contributed by atoms with Gasteiger partial charge in [-0.15, -0.1) is 5.10 Å². The third-order valence-corrected chi connectivity index (χ3v) is 3.17. The summed E-state index contributed by atoms with van der Waals surface area (Å²) in [5.41, 5.74) is 2.83. The topological polar surface area (TPSA) is 27.1 Å². The monoisotopic (exact) mass is 282 g/mol. The van der Waals surface area contributed by atoms with Gasteiger partial charge in [0.05, 0.1) is 5.69 Å². The van der Waals surface area contributed by atoms with Crippen LogP contribution in [0.15, 0.2) is 60.7 Å². The number of aromatic nitrogens is 2. The molecule has 0 aliphatic carbocycles. The number of benzene rings is 2. The van der Waals surface area contributed by atoms with Crippen molar-refractivity contribution in [3.05, 3.63) is 77.7 Å². The zero-order chi connectivity index (χ0) is 14.7. The van der Waals surface area contributed by atoms with Crippen molar-refractivity contribution >= 4 is 0 Å². The molecule has 3 nitrogen and oxygen atoms in total. The number of nitrogens with zero attached hydrogens (tertiary/aromatic N) is 2. The van der Waals surface area contributed by atoms with Gasteiger partial charge in [0.15, 0.2) is 0 Å². The van der Waals surface area contributed by atoms with Crippen LogP contribution in [0.1, 0.15) is 11.3 Å². The van der Waals surface area contributed by atoms with Crippen LogP contribution < -0.4 is 4.74 Å². The van der Waals surface area contributed by atoms with Gasteiger partial charge in [0.2, 0.25) is 5.88 Å². The first kappa shape index (κ1) is 13.4. The van der Waals surface area contributed by atoms with Crippen molar-refractivity contribution in [2.24, 2.45) is 0 Å². The molecule has 0 N–H and O–H groups in total. The highest BCUT2D eigenvalue weighted by molar-refractivity contribution is 5.34. The van der Waals surface area contributed by atoms with Gasteiger partial charge < -0.3 is 4.74 Å². The second kappa shape index (κ2) is 5.79. The van der Waals surface area contributed by atoms with E-state index in [4.69, 9.17) is 4.74 Å². The molecular formula is C17H15FN2O. The molecule has 0 atom stereocenters. The number of halogens is 1. The van der Waals surface area contributed by atoms with Gasteiger partial charge in [-0.05, 0) is 36.8 Å². The minimum absolute atomic E-state index is 0.260. The molecule has 0 bridgehead atoms. The molecule has 4 heteroatoms. The fourth-order valence-corrected chi connectivity index (χ4v) is 2.09. The van der Waals surface area contributed by atoms with Crippen LogP contribution in [0.5, 0.6) is 5.88 Å². The van der Waals surface area contributed by atoms with Gasteiger partial charge >= 0.3 is 0 Å². The highest BCUT2D eigenvalue weighted by Gasteiger charge is 2.07. The molecule has 0 radical (unpaired) electrons. The molecule has 3 rings (SSSR count). The van der Waals surface area contributed by atoms with Crippen molar-refractivity contribution in [2.75, 3.05) is 0 Å². The van der Waals surface area contributed by atoms with Crippen molar-refractivity contribution in [3.63, 3.8) is 0 Å². The molecule has 21 heavy (non-hydrogen) atoms. The van der Waals surface area contributed by atoms with E-state index in [0.29, 0.717) is 12.5 Å². The molecule has 0 aliphatic heterocycles. The van der Waals surface area contributed by atoms with Gasteiger partial charge in [-0.3, -0.25) is 0 Å². The van der Waals surface area contributed by atoms with Gasteiger partial charge in [0.25, 0.3) is 0 Å². The zero-order valence-electron chi connectivity index (χ0n) is 11.7. The third-order valence-electron chi connectivity index (χ3n) is 3.17. The number of hydrogen-bond donors (Lipinski definition) is 0. The van der Waals surface area contributed by atoms with Crippen LogP contribution in [0.25, 0.3) is 5.69 Å². The van der Waals surface area contributed by atoms with Crippen LogP contribution in [-0.2, 0) is 6.61 Å². The standard InChI is InChI=1S/C17H15FN2O/c1-13-11-17(21-12-14-5-3-2-4-6-14)19-20(13)16-9-7-15(18)8-10-16/h2-11H,12H2,1H3. The fourth-order valence-electron chi connectivity index (χ4n) is 2.09. The van der Waals surface area contributed by atoms with Crippen LogP contribution in [-0.4, -0.2) is 9.78 Å². The van der Waals surface area contributed by atoms with Gasteiger partial charge in [-0.2, -0.15) is 0 Å². The van der Waals surface area contributed by atoms with Gasteiger partial charge in [-0.25, -0.2) is 9.07 Å². The Kier molecular flexibility index (Phi) is 3.69. The summed E-state index contributed by atoms with van der Waals surface area (Å²) in [4.78, 5) is 0. The maximum atomic E-state index is 13.0. The average Bonchev–Trinajstić information content (AvgIpc) is 2.88. The van der Waals surface area contributed by atoms with Gasteiger partial charge in [0, 0.05) is 11.8 Å². The predicted molar refractivity (Wildman–Crippen MR) is 79.0 cm³/mol. The minimum Gasteiger partial charge on any atom is -0.472 e. The molecule has 0 fully saturated rings. The zero-order valence-corrected chi connectivity index (χ0v) is 11.7. The molecule has 3 aromatic rings. The Hall–Kier alpha value is -2.62. The Labute approximate surface area is 122 Å². The molecule has 0 saturated heterocycles. The Morgan fingerprint density at radius 1 is 1.05 bits per heavy atom. The largest absolute Gasteiger partial charge is 0.472 e. The van der Waals surface area contributed by atoms with Crippen molar-refractivity contribution in [3.8, 4) is 11.6 Å². The molecule has 0 spiro atoms. The first-order valence-corrected chi connectivity index (χ1v) is 6.72. The molecule has 1 heterocycles. The van der Waals surface area contributed by atoms with E-state index in [1.165, 1.54) is 12.1 Å². The van der Waals surface area contributed by atoms with Crippen molar-refractivity contribution < 1.29 is 9.13 Å². The van der Waals surface area contributed by atoms with E-state index in [1.807, 2.05) is 43.3 Å². The highest BCUT2D eigenvalue weighted by atomic mass is 19.1. The molecule has 1 aromatic heterocycles. The van der Waals surface area contributed by atoms with E-state index in [0.717, 1.165) is 16.9 Å². The van der Waals surface area contributed by atoms with Crippen molar-refractivity contribution in [1.29, 1.82) is 0 Å². The maximum Gasteiger partial charge on any atom is 0.233 e. The van der Waals surface area contributed by atoms with Gasteiger partial charge in [-0.1, -0.05) is 30.3 Å². The first-order valence-electron chi connectivity index (χ1n) is 6.72. The van der Waals surface area contributed by atoms with Gasteiger partial charge in [0.1, 0.15) is 12.4 Å². The van der Waals surface area contributed by atoms with Crippen LogP contribution >= 0.6 is 0 Å².